The van der Waals surface area contributed by atoms with Gasteiger partial charge in [-0.1, -0.05) is 6.92 Å². The first-order chi connectivity index (χ1) is 13.0. The fourth-order valence-electron chi connectivity index (χ4n) is 3.30. The Labute approximate surface area is 158 Å². The first-order valence-electron chi connectivity index (χ1n) is 8.53. The van der Waals surface area contributed by atoms with Crippen LogP contribution in [0.3, 0.4) is 0 Å². The lowest BCUT2D eigenvalue weighted by atomic mass is 9.88. The molecule has 0 radical (unpaired) electrons. The van der Waals surface area contributed by atoms with Crippen molar-refractivity contribution in [3.63, 3.8) is 0 Å². The number of carbonyl (C=O) groups is 1. The van der Waals surface area contributed by atoms with Crippen LogP contribution in [0.4, 0.5) is 5.69 Å². The largest absolute Gasteiger partial charge is 0.454 e. The highest BCUT2D eigenvalue weighted by Crippen LogP contribution is 2.37. The van der Waals surface area contributed by atoms with Gasteiger partial charge in [0.2, 0.25) is 6.79 Å². The third-order valence-electron chi connectivity index (χ3n) is 4.73. The maximum Gasteiger partial charge on any atom is 0.282 e. The lowest BCUT2D eigenvalue weighted by molar-refractivity contribution is -0.385. The molecule has 0 saturated heterocycles. The molecule has 1 aliphatic carbocycles. The molecule has 1 amide bonds. The normalized spacial score (nSPS) is 17.7. The van der Waals surface area contributed by atoms with E-state index in [0.717, 1.165) is 24.8 Å². The molecule has 9 heteroatoms. The lowest BCUT2D eigenvalue weighted by Gasteiger charge is -2.18. The van der Waals surface area contributed by atoms with E-state index in [0.29, 0.717) is 23.0 Å². The fraction of sp³-hybridized carbons (Fsp3) is 0.333. The van der Waals surface area contributed by atoms with Crippen LogP contribution < -0.4 is 14.9 Å². The third kappa shape index (κ3) is 3.37. The smallest absolute Gasteiger partial charge is 0.282 e. The predicted octanol–water partition coefficient (Wildman–Crippen LogP) is 3.27. The van der Waals surface area contributed by atoms with Crippen molar-refractivity contribution in [3.05, 3.63) is 49.2 Å². The van der Waals surface area contributed by atoms with E-state index in [1.807, 2.05) is 5.38 Å². The number of rotatable bonds is 4. The molecule has 0 saturated carbocycles. The van der Waals surface area contributed by atoms with Gasteiger partial charge < -0.3 is 9.47 Å². The van der Waals surface area contributed by atoms with Crippen LogP contribution in [0, 0.1) is 16.0 Å². The number of ether oxygens (including phenoxy) is 2. The molecule has 4 rings (SSSR count). The van der Waals surface area contributed by atoms with Gasteiger partial charge >= 0.3 is 0 Å². The number of fused-ring (bicyclic) bond motifs is 2. The number of nitro groups is 1. The maximum absolute atomic E-state index is 12.5. The minimum absolute atomic E-state index is 0.0195. The molecule has 2 aliphatic rings. The third-order valence-corrected chi connectivity index (χ3v) is 5.79. The molecule has 0 spiro atoms. The minimum Gasteiger partial charge on any atom is -0.454 e. The molecule has 27 heavy (non-hydrogen) atoms. The summed E-state index contributed by atoms with van der Waals surface area (Å²) >= 11 is 1.60. The van der Waals surface area contributed by atoms with Crippen molar-refractivity contribution in [2.24, 2.45) is 11.0 Å². The molecule has 1 aliphatic heterocycles. The number of hydrazone groups is 1. The van der Waals surface area contributed by atoms with E-state index in [9.17, 15) is 14.9 Å². The monoisotopic (exact) mass is 387 g/mol. The fourth-order valence-corrected chi connectivity index (χ4v) is 4.54. The zero-order valence-corrected chi connectivity index (χ0v) is 15.4. The van der Waals surface area contributed by atoms with Gasteiger partial charge in [0, 0.05) is 10.3 Å². The van der Waals surface area contributed by atoms with Crippen molar-refractivity contribution < 1.29 is 19.2 Å². The van der Waals surface area contributed by atoms with E-state index >= 15 is 0 Å². The maximum atomic E-state index is 12.5. The average molecular weight is 387 g/mol. The summed E-state index contributed by atoms with van der Waals surface area (Å²) < 4.78 is 10.4. The number of hydrogen-bond acceptors (Lipinski definition) is 7. The average Bonchev–Trinajstić information content (AvgIpc) is 3.26. The van der Waals surface area contributed by atoms with Gasteiger partial charge in [-0.15, -0.1) is 11.3 Å². The zero-order chi connectivity index (χ0) is 19.0. The van der Waals surface area contributed by atoms with Crippen molar-refractivity contribution >= 4 is 29.1 Å². The van der Waals surface area contributed by atoms with Crippen molar-refractivity contribution in [1.82, 2.24) is 5.43 Å². The number of amides is 1. The Morgan fingerprint density at radius 2 is 2.19 bits per heavy atom. The Hall–Kier alpha value is -2.94. The quantitative estimate of drug-likeness (QED) is 0.493. The van der Waals surface area contributed by atoms with E-state index in [1.54, 1.807) is 11.3 Å². The number of nitrogens with zero attached hydrogens (tertiary/aromatic N) is 2. The van der Waals surface area contributed by atoms with Crippen LogP contribution >= 0.6 is 11.3 Å². The first kappa shape index (κ1) is 17.5. The number of nitro benzene ring substituents is 1. The molecule has 1 N–H and O–H groups in total. The Morgan fingerprint density at radius 3 is 2.96 bits per heavy atom. The summed E-state index contributed by atoms with van der Waals surface area (Å²) in [5.74, 6) is 1.06. The van der Waals surface area contributed by atoms with Crippen LogP contribution in [-0.2, 0) is 12.8 Å². The van der Waals surface area contributed by atoms with Crippen LogP contribution in [0.1, 0.15) is 39.7 Å². The number of thiophene rings is 1. The van der Waals surface area contributed by atoms with Gasteiger partial charge in [0.1, 0.15) is 0 Å². The molecular formula is C18H17N3O5S. The van der Waals surface area contributed by atoms with Crippen molar-refractivity contribution in [1.29, 1.82) is 0 Å². The van der Waals surface area contributed by atoms with Gasteiger partial charge in [0.15, 0.2) is 11.5 Å². The Balaban J connectivity index is 1.52. The second-order valence-corrected chi connectivity index (χ2v) is 7.58. The summed E-state index contributed by atoms with van der Waals surface area (Å²) in [6.07, 6.45) is 4.20. The molecule has 0 fully saturated rings. The topological polar surface area (TPSA) is 103 Å². The molecule has 0 bridgehead atoms. The van der Waals surface area contributed by atoms with Crippen molar-refractivity contribution in [2.45, 2.75) is 26.2 Å². The molecule has 2 aromatic rings. The van der Waals surface area contributed by atoms with E-state index < -0.39 is 4.92 Å². The number of hydrogen-bond donors (Lipinski definition) is 1. The molecule has 1 atom stereocenters. The summed E-state index contributed by atoms with van der Waals surface area (Å²) in [4.78, 5) is 24.4. The van der Waals surface area contributed by atoms with E-state index in [2.05, 4.69) is 17.5 Å². The van der Waals surface area contributed by atoms with E-state index in [1.165, 1.54) is 23.2 Å². The van der Waals surface area contributed by atoms with Crippen LogP contribution in [0.25, 0.3) is 0 Å². The molecule has 8 nitrogen and oxygen atoms in total. The van der Waals surface area contributed by atoms with Gasteiger partial charge in [-0.3, -0.25) is 14.9 Å². The summed E-state index contributed by atoms with van der Waals surface area (Å²) in [5, 5.41) is 17.0. The highest BCUT2D eigenvalue weighted by Gasteiger charge is 2.24. The van der Waals surface area contributed by atoms with Crippen LogP contribution in [-0.4, -0.2) is 23.8 Å². The number of benzene rings is 1. The van der Waals surface area contributed by atoms with Crippen molar-refractivity contribution in [2.75, 3.05) is 6.79 Å². The van der Waals surface area contributed by atoms with Gasteiger partial charge in [-0.25, -0.2) is 5.43 Å². The Morgan fingerprint density at radius 1 is 1.41 bits per heavy atom. The van der Waals surface area contributed by atoms with Crippen LogP contribution in [0.15, 0.2) is 22.6 Å². The standard InChI is InChI=1S/C18H17N3O5S/c1-10-2-3-12-13(8-27-17(12)4-10)18(22)20-19-7-11-5-15-16(26-9-25-15)6-14(11)21(23)24/h5-8,10H,2-4,9H2,1H3,(H,20,22)/b19-7-/t10-/m1/s1. The Kier molecular flexibility index (Phi) is 4.53. The molecular weight excluding hydrogens is 370 g/mol. The van der Waals surface area contributed by atoms with Gasteiger partial charge in [0.05, 0.1) is 28.3 Å². The summed E-state index contributed by atoms with van der Waals surface area (Å²) in [6, 6.07) is 2.77. The minimum atomic E-state index is -0.526. The summed E-state index contributed by atoms with van der Waals surface area (Å²) in [6.45, 7) is 2.23. The molecule has 140 valence electrons. The SMILES string of the molecule is C[C@@H]1CCc2c(C(=O)N/N=C\c3cc4c(cc3[N+](=O)[O-])OCO4)csc2C1. The summed E-state index contributed by atoms with van der Waals surface area (Å²) in [7, 11) is 0. The van der Waals surface area contributed by atoms with E-state index in [4.69, 9.17) is 9.47 Å². The van der Waals surface area contributed by atoms with Gasteiger partial charge in [-0.2, -0.15) is 5.10 Å². The highest BCUT2D eigenvalue weighted by atomic mass is 32.1. The van der Waals surface area contributed by atoms with Crippen molar-refractivity contribution in [3.8, 4) is 11.5 Å². The summed E-state index contributed by atoms with van der Waals surface area (Å²) in [5.41, 5.74) is 4.27. The second kappa shape index (κ2) is 6.99. The lowest BCUT2D eigenvalue weighted by Crippen LogP contribution is -2.20. The Bertz CT molecular complexity index is 953. The molecule has 1 aromatic heterocycles. The first-order valence-corrected chi connectivity index (χ1v) is 9.41. The second-order valence-electron chi connectivity index (χ2n) is 6.62. The molecule has 2 heterocycles. The number of nitrogens with one attached hydrogen (secondary N) is 1. The predicted molar refractivity (Wildman–Crippen MR) is 99.8 cm³/mol. The van der Waals surface area contributed by atoms with Crippen LogP contribution in [0.2, 0.25) is 0 Å². The molecule has 1 aromatic carbocycles. The van der Waals surface area contributed by atoms with Crippen LogP contribution in [0.5, 0.6) is 11.5 Å². The number of carbonyl (C=O) groups excluding carboxylic acids is 1. The van der Waals surface area contributed by atoms with E-state index in [-0.39, 0.29) is 24.0 Å². The van der Waals surface area contributed by atoms with Gasteiger partial charge in [-0.05, 0) is 36.8 Å². The molecule has 0 unspecified atom stereocenters. The highest BCUT2D eigenvalue weighted by molar-refractivity contribution is 7.10. The zero-order valence-electron chi connectivity index (χ0n) is 14.6. The van der Waals surface area contributed by atoms with Gasteiger partial charge in [0.25, 0.3) is 11.6 Å².